The Morgan fingerprint density at radius 1 is 0.475 bits per heavy atom. The van der Waals surface area contributed by atoms with Gasteiger partial charge >= 0.3 is 0 Å². The molecule has 1 aliphatic rings. The van der Waals surface area contributed by atoms with Crippen molar-refractivity contribution >= 4 is 0 Å². The third kappa shape index (κ3) is 8.10. The minimum absolute atomic E-state index is 0.216. The van der Waals surface area contributed by atoms with Crippen molar-refractivity contribution in [2.45, 2.75) is 63.9 Å². The topological polar surface area (TPSA) is 46.2 Å². The van der Waals surface area contributed by atoms with Crippen LogP contribution in [0.5, 0.6) is 0 Å². The zero-order valence-corrected chi connectivity index (χ0v) is 23.0. The molecule has 0 bridgehead atoms. The predicted octanol–water partition coefficient (Wildman–Crippen LogP) is 6.75. The lowest BCUT2D eigenvalue weighted by Gasteiger charge is -2.45. The highest BCUT2D eigenvalue weighted by Crippen LogP contribution is 2.30. The first-order valence-electron chi connectivity index (χ1n) is 14.0. The highest BCUT2D eigenvalue weighted by Gasteiger charge is 2.46. The Morgan fingerprint density at radius 3 is 1.30 bits per heavy atom. The quantitative estimate of drug-likeness (QED) is 0.189. The Balaban J connectivity index is 1.36. The summed E-state index contributed by atoms with van der Waals surface area (Å²) in [6.07, 6.45) is -1.61. The Morgan fingerprint density at radius 2 is 0.850 bits per heavy atom. The van der Waals surface area contributed by atoms with Crippen LogP contribution in [-0.4, -0.2) is 37.1 Å². The summed E-state index contributed by atoms with van der Waals surface area (Å²) in [5.41, 5.74) is 4.41. The number of benzene rings is 4. The van der Waals surface area contributed by atoms with E-state index in [0.717, 1.165) is 22.3 Å². The van der Waals surface area contributed by atoms with Crippen molar-refractivity contribution in [1.82, 2.24) is 0 Å². The Kier molecular flexibility index (Phi) is 10.5. The van der Waals surface area contributed by atoms with E-state index in [1.165, 1.54) is 0 Å². The fourth-order valence-corrected chi connectivity index (χ4v) is 5.02. The monoisotopic (exact) mass is 538 g/mol. The average Bonchev–Trinajstić information content (AvgIpc) is 3.01. The van der Waals surface area contributed by atoms with Gasteiger partial charge in [-0.05, 0) is 29.2 Å². The van der Waals surface area contributed by atoms with Crippen molar-refractivity contribution in [2.24, 2.45) is 0 Å². The number of rotatable bonds is 13. The second-order valence-electron chi connectivity index (χ2n) is 10.2. The van der Waals surface area contributed by atoms with Gasteiger partial charge in [0.1, 0.15) is 24.4 Å². The largest absolute Gasteiger partial charge is 0.374 e. The van der Waals surface area contributed by atoms with E-state index in [2.05, 4.69) is 48.5 Å². The fourth-order valence-electron chi connectivity index (χ4n) is 5.02. The molecule has 1 heterocycles. The summed E-state index contributed by atoms with van der Waals surface area (Å²) in [5, 5.41) is 0. The van der Waals surface area contributed by atoms with Crippen molar-refractivity contribution < 1.29 is 23.7 Å². The van der Waals surface area contributed by atoms with Gasteiger partial charge in [-0.15, -0.1) is 0 Å². The van der Waals surface area contributed by atoms with Crippen LogP contribution < -0.4 is 0 Å². The molecule has 0 saturated carbocycles. The van der Waals surface area contributed by atoms with Crippen LogP contribution in [-0.2, 0) is 50.1 Å². The van der Waals surface area contributed by atoms with Crippen LogP contribution in [0.4, 0.5) is 0 Å². The first-order chi connectivity index (χ1) is 19.8. The molecular weight excluding hydrogens is 500 g/mol. The van der Waals surface area contributed by atoms with Gasteiger partial charge in [-0.3, -0.25) is 0 Å². The molecule has 0 amide bonds. The van der Waals surface area contributed by atoms with Gasteiger partial charge in [0.2, 0.25) is 0 Å². The SMILES string of the molecule is CC1OC(COCc2ccccc2)[C@H](OCc2ccccc2)[C@H](OCc2ccccc2)C1OCc1ccccc1. The minimum Gasteiger partial charge on any atom is -0.374 e. The van der Waals surface area contributed by atoms with Crippen molar-refractivity contribution in [3.8, 4) is 0 Å². The van der Waals surface area contributed by atoms with E-state index in [1.807, 2.05) is 79.7 Å². The van der Waals surface area contributed by atoms with Gasteiger partial charge < -0.3 is 23.7 Å². The molecule has 1 saturated heterocycles. The molecular formula is C35H38O5. The molecule has 1 fully saturated rings. The first kappa shape index (κ1) is 28.2. The maximum absolute atomic E-state index is 6.65. The lowest BCUT2D eigenvalue weighted by Crippen LogP contribution is -2.60. The van der Waals surface area contributed by atoms with Gasteiger partial charge in [-0.1, -0.05) is 121 Å². The molecule has 5 rings (SSSR count). The van der Waals surface area contributed by atoms with Gasteiger partial charge in [0, 0.05) is 0 Å². The van der Waals surface area contributed by atoms with E-state index in [0.29, 0.717) is 33.0 Å². The van der Waals surface area contributed by atoms with Crippen LogP contribution in [0, 0.1) is 0 Å². The van der Waals surface area contributed by atoms with Crippen LogP contribution >= 0.6 is 0 Å². The summed E-state index contributed by atoms with van der Waals surface area (Å²) < 4.78 is 32.5. The number of hydrogen-bond donors (Lipinski definition) is 0. The molecule has 1 aliphatic heterocycles. The molecule has 4 aromatic rings. The Bertz CT molecular complexity index is 1240. The van der Waals surface area contributed by atoms with E-state index in [9.17, 15) is 0 Å². The Hall–Kier alpha value is -3.32. The summed E-state index contributed by atoms with van der Waals surface area (Å²) in [6, 6.07) is 40.8. The second-order valence-corrected chi connectivity index (χ2v) is 10.2. The van der Waals surface area contributed by atoms with Crippen LogP contribution in [0.1, 0.15) is 29.2 Å². The number of ether oxygens (including phenoxy) is 5. The van der Waals surface area contributed by atoms with Crippen molar-refractivity contribution in [3.63, 3.8) is 0 Å². The van der Waals surface area contributed by atoms with E-state index >= 15 is 0 Å². The molecule has 3 unspecified atom stereocenters. The predicted molar refractivity (Wildman–Crippen MR) is 155 cm³/mol. The highest BCUT2D eigenvalue weighted by atomic mass is 16.6. The van der Waals surface area contributed by atoms with Gasteiger partial charge in [0.15, 0.2) is 0 Å². The third-order valence-electron chi connectivity index (χ3n) is 7.12. The molecule has 4 aromatic carbocycles. The summed E-state index contributed by atoms with van der Waals surface area (Å²) in [7, 11) is 0. The zero-order chi connectivity index (χ0) is 27.4. The molecule has 5 nitrogen and oxygen atoms in total. The van der Waals surface area contributed by atoms with Crippen molar-refractivity contribution in [3.05, 3.63) is 144 Å². The van der Waals surface area contributed by atoms with Crippen molar-refractivity contribution in [1.29, 1.82) is 0 Å². The Labute approximate surface area is 237 Å². The van der Waals surface area contributed by atoms with Crippen LogP contribution in [0.2, 0.25) is 0 Å². The zero-order valence-electron chi connectivity index (χ0n) is 23.0. The molecule has 0 aromatic heterocycles. The first-order valence-corrected chi connectivity index (χ1v) is 14.0. The molecule has 5 heteroatoms. The molecule has 0 radical (unpaired) electrons. The molecule has 0 spiro atoms. The van der Waals surface area contributed by atoms with E-state index in [4.69, 9.17) is 23.7 Å². The smallest absolute Gasteiger partial charge is 0.115 e. The molecule has 40 heavy (non-hydrogen) atoms. The van der Waals surface area contributed by atoms with Gasteiger partial charge in [-0.25, -0.2) is 0 Å². The third-order valence-corrected chi connectivity index (χ3v) is 7.12. The maximum Gasteiger partial charge on any atom is 0.115 e. The highest BCUT2D eigenvalue weighted by molar-refractivity contribution is 5.16. The summed E-state index contributed by atoms with van der Waals surface area (Å²) in [6.45, 7) is 4.29. The van der Waals surface area contributed by atoms with Crippen LogP contribution in [0.25, 0.3) is 0 Å². The van der Waals surface area contributed by atoms with E-state index < -0.39 is 6.10 Å². The average molecular weight is 539 g/mol. The van der Waals surface area contributed by atoms with E-state index in [1.54, 1.807) is 0 Å². The van der Waals surface area contributed by atoms with Crippen LogP contribution in [0.15, 0.2) is 121 Å². The minimum atomic E-state index is -0.392. The summed E-state index contributed by atoms with van der Waals surface area (Å²) in [4.78, 5) is 0. The summed E-state index contributed by atoms with van der Waals surface area (Å²) >= 11 is 0. The lowest BCUT2D eigenvalue weighted by molar-refractivity contribution is -0.269. The molecule has 208 valence electrons. The lowest BCUT2D eigenvalue weighted by atomic mass is 9.94. The normalized spacial score (nSPS) is 22.7. The molecule has 0 aliphatic carbocycles. The number of hydrogen-bond acceptors (Lipinski definition) is 5. The van der Waals surface area contributed by atoms with Crippen molar-refractivity contribution in [2.75, 3.05) is 6.61 Å². The van der Waals surface area contributed by atoms with Gasteiger partial charge in [0.05, 0.1) is 39.1 Å². The van der Waals surface area contributed by atoms with Gasteiger partial charge in [0.25, 0.3) is 0 Å². The van der Waals surface area contributed by atoms with Crippen LogP contribution in [0.3, 0.4) is 0 Å². The van der Waals surface area contributed by atoms with E-state index in [-0.39, 0.29) is 24.4 Å². The molecule has 0 N–H and O–H groups in total. The van der Waals surface area contributed by atoms with Gasteiger partial charge in [-0.2, -0.15) is 0 Å². The second kappa shape index (κ2) is 14.9. The molecule has 5 atom stereocenters. The summed E-state index contributed by atoms with van der Waals surface area (Å²) in [5.74, 6) is 0. The maximum atomic E-state index is 6.65. The fraction of sp³-hybridized carbons (Fsp3) is 0.314. The standard InChI is InChI=1S/C35H38O5/c1-27-33(37-23-29-16-8-3-9-17-29)35(39-25-31-20-12-5-13-21-31)34(38-24-30-18-10-4-11-19-30)32(40-27)26-36-22-28-14-6-2-7-15-28/h2-21,27,32-35H,22-26H2,1H3/t27?,32?,33?,34-,35+/m0/s1.